The second-order valence-electron chi connectivity index (χ2n) is 8.78. The Morgan fingerprint density at radius 2 is 1.69 bits per heavy atom. The lowest BCUT2D eigenvalue weighted by molar-refractivity contribution is -0.136. The predicted octanol–water partition coefficient (Wildman–Crippen LogP) is 5.78. The van der Waals surface area contributed by atoms with Crippen LogP contribution >= 0.6 is 11.6 Å². The van der Waals surface area contributed by atoms with Gasteiger partial charge in [0.25, 0.3) is 5.91 Å². The standard InChI is InChI=1S/C27H26ClNO3/c1-17(2)20-8-10-21(11-9-20)25(30)15-27(32)23-14-22(28)12-13-24(23)29(26(27)31)16-19-6-4-18(3)5-7-19/h4-14,17,32H,15-16H2,1-3H3/t27-/m1/s1. The van der Waals surface area contributed by atoms with Gasteiger partial charge in [-0.05, 0) is 42.2 Å². The zero-order valence-corrected chi connectivity index (χ0v) is 19.2. The molecule has 0 aromatic heterocycles. The Balaban J connectivity index is 1.66. The molecule has 3 aromatic rings. The van der Waals surface area contributed by atoms with Gasteiger partial charge in [-0.3, -0.25) is 9.59 Å². The van der Waals surface area contributed by atoms with E-state index in [1.54, 1.807) is 30.3 Å². The molecule has 5 heteroatoms. The molecule has 0 fully saturated rings. The number of rotatable bonds is 6. The Morgan fingerprint density at radius 3 is 2.31 bits per heavy atom. The number of benzene rings is 3. The first-order valence-corrected chi connectivity index (χ1v) is 11.1. The average Bonchev–Trinajstić information content (AvgIpc) is 2.96. The van der Waals surface area contributed by atoms with Crippen LogP contribution in [0.1, 0.15) is 58.8 Å². The Kier molecular flexibility index (Phi) is 5.93. The first-order valence-electron chi connectivity index (χ1n) is 10.7. The highest BCUT2D eigenvalue weighted by Gasteiger charge is 2.51. The first kappa shape index (κ1) is 22.3. The van der Waals surface area contributed by atoms with Crippen LogP contribution in [0.15, 0.2) is 66.7 Å². The number of nitrogens with zero attached hydrogens (tertiary/aromatic N) is 1. The second-order valence-corrected chi connectivity index (χ2v) is 9.21. The number of amides is 1. The molecule has 0 spiro atoms. The second kappa shape index (κ2) is 8.53. The summed E-state index contributed by atoms with van der Waals surface area (Å²) < 4.78 is 0. The van der Waals surface area contributed by atoms with E-state index in [4.69, 9.17) is 11.6 Å². The number of Topliss-reactive ketones (excluding diaryl/α,β-unsaturated/α-hetero) is 1. The quantitative estimate of drug-likeness (QED) is 0.487. The molecule has 1 aliphatic rings. The maximum Gasteiger partial charge on any atom is 0.264 e. The summed E-state index contributed by atoms with van der Waals surface area (Å²) in [6.07, 6.45) is -0.343. The van der Waals surface area contributed by atoms with Crippen molar-refractivity contribution in [2.24, 2.45) is 0 Å². The van der Waals surface area contributed by atoms with Gasteiger partial charge >= 0.3 is 0 Å². The number of halogens is 1. The van der Waals surface area contributed by atoms with Crippen LogP contribution in [0, 0.1) is 6.92 Å². The summed E-state index contributed by atoms with van der Waals surface area (Å²) in [6.45, 7) is 6.47. The molecule has 32 heavy (non-hydrogen) atoms. The average molecular weight is 448 g/mol. The van der Waals surface area contributed by atoms with Crippen molar-refractivity contribution in [3.63, 3.8) is 0 Å². The minimum absolute atomic E-state index is 0.292. The SMILES string of the molecule is Cc1ccc(CN2C(=O)[C@@](O)(CC(=O)c3ccc(C(C)C)cc3)c3cc(Cl)ccc32)cc1. The molecule has 0 saturated heterocycles. The molecule has 0 radical (unpaired) electrons. The van der Waals surface area contributed by atoms with E-state index in [1.165, 1.54) is 4.90 Å². The molecular formula is C27H26ClNO3. The van der Waals surface area contributed by atoms with Crippen molar-refractivity contribution in [3.8, 4) is 0 Å². The Hall–Kier alpha value is -2.95. The monoisotopic (exact) mass is 447 g/mol. The van der Waals surface area contributed by atoms with E-state index in [1.807, 2.05) is 43.3 Å². The van der Waals surface area contributed by atoms with Gasteiger partial charge in [0, 0.05) is 16.1 Å². The molecule has 0 unspecified atom stereocenters. The molecule has 4 nitrogen and oxygen atoms in total. The maximum atomic E-state index is 13.5. The smallest absolute Gasteiger partial charge is 0.264 e. The van der Waals surface area contributed by atoms with Gasteiger partial charge in [-0.2, -0.15) is 0 Å². The lowest BCUT2D eigenvalue weighted by Crippen LogP contribution is -2.41. The van der Waals surface area contributed by atoms with Gasteiger partial charge in [-0.1, -0.05) is 79.5 Å². The van der Waals surface area contributed by atoms with E-state index >= 15 is 0 Å². The molecular weight excluding hydrogens is 422 g/mol. The third kappa shape index (κ3) is 4.08. The summed E-state index contributed by atoms with van der Waals surface area (Å²) in [7, 11) is 0. The first-order chi connectivity index (χ1) is 15.2. The van der Waals surface area contributed by atoms with Crippen molar-refractivity contribution in [2.75, 3.05) is 4.90 Å². The number of carbonyl (C=O) groups is 2. The van der Waals surface area contributed by atoms with E-state index in [-0.39, 0.29) is 12.2 Å². The summed E-state index contributed by atoms with van der Waals surface area (Å²) >= 11 is 6.20. The van der Waals surface area contributed by atoms with Crippen LogP contribution in [0.25, 0.3) is 0 Å². The molecule has 1 N–H and O–H groups in total. The summed E-state index contributed by atoms with van der Waals surface area (Å²) in [4.78, 5) is 28.1. The van der Waals surface area contributed by atoms with E-state index < -0.39 is 11.5 Å². The van der Waals surface area contributed by atoms with Crippen LogP contribution in [0.5, 0.6) is 0 Å². The molecule has 1 heterocycles. The zero-order chi connectivity index (χ0) is 23.0. The zero-order valence-electron chi connectivity index (χ0n) is 18.4. The largest absolute Gasteiger partial charge is 0.375 e. The van der Waals surface area contributed by atoms with E-state index in [0.717, 1.165) is 16.7 Å². The fourth-order valence-electron chi connectivity index (χ4n) is 4.11. The van der Waals surface area contributed by atoms with Crippen LogP contribution in [-0.2, 0) is 16.9 Å². The van der Waals surface area contributed by atoms with Crippen molar-refractivity contribution >= 4 is 29.0 Å². The van der Waals surface area contributed by atoms with Crippen molar-refractivity contribution < 1.29 is 14.7 Å². The van der Waals surface area contributed by atoms with Crippen molar-refractivity contribution in [1.29, 1.82) is 0 Å². The molecule has 0 bridgehead atoms. The Labute approximate surface area is 193 Å². The Morgan fingerprint density at radius 1 is 1.03 bits per heavy atom. The van der Waals surface area contributed by atoms with Gasteiger partial charge in [0.2, 0.25) is 0 Å². The molecule has 1 aliphatic heterocycles. The van der Waals surface area contributed by atoms with Crippen molar-refractivity contribution in [2.45, 2.75) is 45.3 Å². The number of carbonyl (C=O) groups excluding carboxylic acids is 2. The lowest BCUT2D eigenvalue weighted by Gasteiger charge is -2.23. The summed E-state index contributed by atoms with van der Waals surface area (Å²) in [6, 6.07) is 20.2. The molecule has 4 rings (SSSR count). The van der Waals surface area contributed by atoms with Crippen molar-refractivity contribution in [3.05, 3.63) is 99.6 Å². The number of aliphatic hydroxyl groups is 1. The van der Waals surface area contributed by atoms with E-state index in [2.05, 4.69) is 13.8 Å². The van der Waals surface area contributed by atoms with Gasteiger partial charge in [0.1, 0.15) is 0 Å². The number of hydrogen-bond donors (Lipinski definition) is 1. The summed E-state index contributed by atoms with van der Waals surface area (Å²) in [5.74, 6) is -0.453. The van der Waals surface area contributed by atoms with E-state index in [0.29, 0.717) is 34.3 Å². The van der Waals surface area contributed by atoms with E-state index in [9.17, 15) is 14.7 Å². The molecule has 1 atom stereocenters. The van der Waals surface area contributed by atoms with Gasteiger partial charge in [-0.25, -0.2) is 0 Å². The fourth-order valence-corrected chi connectivity index (χ4v) is 4.29. The number of ketones is 1. The summed E-state index contributed by atoms with van der Waals surface area (Å²) in [5.41, 5.74) is 2.64. The minimum Gasteiger partial charge on any atom is -0.375 e. The summed E-state index contributed by atoms with van der Waals surface area (Å²) in [5, 5.41) is 11.9. The highest BCUT2D eigenvalue weighted by molar-refractivity contribution is 6.31. The number of anilines is 1. The highest BCUT2D eigenvalue weighted by atomic mass is 35.5. The third-order valence-electron chi connectivity index (χ3n) is 6.07. The number of hydrogen-bond acceptors (Lipinski definition) is 3. The van der Waals surface area contributed by atoms with Crippen LogP contribution in [0.4, 0.5) is 5.69 Å². The fraction of sp³-hybridized carbons (Fsp3) is 0.259. The van der Waals surface area contributed by atoms with Crippen LogP contribution < -0.4 is 4.90 Å². The number of fused-ring (bicyclic) bond motifs is 1. The normalized spacial score (nSPS) is 17.7. The topological polar surface area (TPSA) is 57.6 Å². The molecule has 0 aliphatic carbocycles. The van der Waals surface area contributed by atoms with Gasteiger partial charge in [0.05, 0.1) is 18.7 Å². The highest BCUT2D eigenvalue weighted by Crippen LogP contribution is 2.44. The molecule has 164 valence electrons. The van der Waals surface area contributed by atoms with Gasteiger partial charge in [0.15, 0.2) is 11.4 Å². The predicted molar refractivity (Wildman–Crippen MR) is 127 cm³/mol. The van der Waals surface area contributed by atoms with Crippen molar-refractivity contribution in [1.82, 2.24) is 0 Å². The molecule has 3 aromatic carbocycles. The number of aryl methyl sites for hydroxylation is 1. The Bertz CT molecular complexity index is 1170. The molecule has 1 amide bonds. The van der Waals surface area contributed by atoms with Gasteiger partial charge < -0.3 is 10.0 Å². The lowest BCUT2D eigenvalue weighted by atomic mass is 9.87. The van der Waals surface area contributed by atoms with Crippen LogP contribution in [0.3, 0.4) is 0 Å². The van der Waals surface area contributed by atoms with Gasteiger partial charge in [-0.15, -0.1) is 0 Å². The minimum atomic E-state index is -1.96. The van der Waals surface area contributed by atoms with Crippen LogP contribution in [0.2, 0.25) is 5.02 Å². The third-order valence-corrected chi connectivity index (χ3v) is 6.31. The maximum absolute atomic E-state index is 13.5. The molecule has 0 saturated carbocycles. The van der Waals surface area contributed by atoms with Crippen LogP contribution in [-0.4, -0.2) is 16.8 Å².